The number of halogens is 2. The van der Waals surface area contributed by atoms with E-state index in [0.29, 0.717) is 11.3 Å². The van der Waals surface area contributed by atoms with Crippen molar-refractivity contribution in [1.82, 2.24) is 0 Å². The van der Waals surface area contributed by atoms with Crippen molar-refractivity contribution in [3.8, 4) is 0 Å². The fourth-order valence-corrected chi connectivity index (χ4v) is 3.12. The van der Waals surface area contributed by atoms with Gasteiger partial charge >= 0.3 is 0 Å². The number of primary sulfonamides is 1. The number of nitrogens with two attached hydrogens (primary N) is 1. The van der Waals surface area contributed by atoms with Crippen molar-refractivity contribution in [1.29, 1.82) is 0 Å². The second-order valence-electron chi connectivity index (χ2n) is 4.15. The molecule has 0 atom stereocenters. The lowest BCUT2D eigenvalue weighted by Gasteiger charge is -2.08. The summed E-state index contributed by atoms with van der Waals surface area (Å²) < 4.78 is 24.2. The largest absolute Gasteiger partial charge is 0.322 e. The zero-order valence-electron chi connectivity index (χ0n) is 10.5. The number of anilines is 1. The van der Waals surface area contributed by atoms with Gasteiger partial charge in [0.2, 0.25) is 10.0 Å². The first-order valence-corrected chi connectivity index (χ1v) is 9.08. The maximum atomic E-state index is 12.2. The monoisotopic (exact) mass is 480 g/mol. The smallest absolute Gasteiger partial charge is 0.256 e. The molecule has 0 unspecified atom stereocenters. The molecule has 0 spiro atoms. The van der Waals surface area contributed by atoms with Crippen molar-refractivity contribution in [2.75, 3.05) is 5.32 Å². The van der Waals surface area contributed by atoms with Crippen LogP contribution in [0.25, 0.3) is 0 Å². The molecule has 0 radical (unpaired) electrons. The molecule has 0 aliphatic carbocycles. The molecule has 0 fully saturated rings. The van der Waals surface area contributed by atoms with Crippen LogP contribution >= 0.6 is 38.5 Å². The van der Waals surface area contributed by atoms with E-state index in [9.17, 15) is 13.2 Å². The van der Waals surface area contributed by atoms with Gasteiger partial charge in [-0.25, -0.2) is 13.6 Å². The number of sulfonamides is 1. The van der Waals surface area contributed by atoms with E-state index in [4.69, 9.17) is 5.14 Å². The molecule has 0 aromatic heterocycles. The van der Waals surface area contributed by atoms with Gasteiger partial charge in [0.05, 0.1) is 10.5 Å². The van der Waals surface area contributed by atoms with Crippen LogP contribution in [0.3, 0.4) is 0 Å². The molecule has 0 heterocycles. The van der Waals surface area contributed by atoms with Crippen molar-refractivity contribution in [2.45, 2.75) is 4.90 Å². The topological polar surface area (TPSA) is 89.3 Å². The lowest BCUT2D eigenvalue weighted by Crippen LogP contribution is -2.15. The molecule has 0 saturated carbocycles. The van der Waals surface area contributed by atoms with E-state index in [1.807, 2.05) is 6.07 Å². The van der Waals surface area contributed by atoms with Gasteiger partial charge in [0.15, 0.2) is 0 Å². The summed E-state index contributed by atoms with van der Waals surface area (Å²) in [4.78, 5) is 12.2. The Labute approximate surface area is 144 Å². The van der Waals surface area contributed by atoms with E-state index in [1.165, 1.54) is 18.2 Å². The normalized spacial score (nSPS) is 11.2. The number of carbonyl (C=O) groups is 1. The van der Waals surface area contributed by atoms with Crippen molar-refractivity contribution < 1.29 is 13.2 Å². The second-order valence-corrected chi connectivity index (χ2v) is 7.79. The van der Waals surface area contributed by atoms with Gasteiger partial charge in [-0.2, -0.15) is 0 Å². The second kappa shape index (κ2) is 6.42. The van der Waals surface area contributed by atoms with E-state index >= 15 is 0 Å². The molecule has 2 aromatic carbocycles. The van der Waals surface area contributed by atoms with Gasteiger partial charge in [0.25, 0.3) is 5.91 Å². The zero-order chi connectivity index (χ0) is 15.6. The lowest BCUT2D eigenvalue weighted by atomic mass is 10.2. The molecular weight excluding hydrogens is 471 g/mol. The molecule has 2 aromatic rings. The molecule has 0 aliphatic heterocycles. The maximum absolute atomic E-state index is 12.2. The highest BCUT2D eigenvalue weighted by Gasteiger charge is 2.13. The minimum Gasteiger partial charge on any atom is -0.322 e. The molecule has 21 heavy (non-hydrogen) atoms. The third kappa shape index (κ3) is 4.25. The minimum absolute atomic E-state index is 0.0516. The summed E-state index contributed by atoms with van der Waals surface area (Å²) in [6.07, 6.45) is 0. The van der Waals surface area contributed by atoms with Crippen LogP contribution < -0.4 is 10.5 Å². The Hall–Kier alpha value is -0.970. The maximum Gasteiger partial charge on any atom is 0.256 e. The summed E-state index contributed by atoms with van der Waals surface area (Å²) in [5.74, 6) is -0.327. The number of carbonyl (C=O) groups excluding carboxylic acids is 1. The minimum atomic E-state index is -3.80. The summed E-state index contributed by atoms with van der Waals surface area (Å²) in [6, 6.07) is 11.1. The first kappa shape index (κ1) is 16.4. The van der Waals surface area contributed by atoms with Gasteiger partial charge in [-0.15, -0.1) is 0 Å². The Morgan fingerprint density at radius 1 is 1.19 bits per heavy atom. The standard InChI is InChI=1S/C13H10BrIN2O3S/c14-8-4-5-12(15)11(6-8)13(18)17-9-2-1-3-10(7-9)21(16,19)20/h1-7H,(H,17,18)(H2,16,19,20). The van der Waals surface area contributed by atoms with Gasteiger partial charge in [-0.1, -0.05) is 22.0 Å². The van der Waals surface area contributed by atoms with E-state index in [0.717, 1.165) is 8.04 Å². The van der Waals surface area contributed by atoms with Gasteiger partial charge in [-0.05, 0) is 59.0 Å². The quantitative estimate of drug-likeness (QED) is 0.662. The summed E-state index contributed by atoms with van der Waals surface area (Å²) in [6.45, 7) is 0. The van der Waals surface area contributed by atoms with Crippen LogP contribution in [-0.2, 0) is 10.0 Å². The number of hydrogen-bond acceptors (Lipinski definition) is 3. The van der Waals surface area contributed by atoms with Crippen LogP contribution in [0.4, 0.5) is 5.69 Å². The average molecular weight is 481 g/mol. The molecule has 110 valence electrons. The molecule has 2 rings (SSSR count). The molecule has 1 amide bonds. The zero-order valence-corrected chi connectivity index (χ0v) is 15.1. The van der Waals surface area contributed by atoms with Crippen molar-refractivity contribution >= 4 is 60.1 Å². The van der Waals surface area contributed by atoms with Crippen LogP contribution in [0, 0.1) is 3.57 Å². The predicted molar refractivity (Wildman–Crippen MR) is 92.6 cm³/mol. The summed E-state index contributed by atoms with van der Waals surface area (Å²) >= 11 is 5.37. The SMILES string of the molecule is NS(=O)(=O)c1cccc(NC(=O)c2cc(Br)ccc2I)c1. The van der Waals surface area contributed by atoms with Crippen molar-refractivity contribution in [3.05, 3.63) is 56.1 Å². The highest BCUT2D eigenvalue weighted by atomic mass is 127. The van der Waals surface area contributed by atoms with Crippen molar-refractivity contribution in [2.24, 2.45) is 5.14 Å². The molecule has 5 nitrogen and oxygen atoms in total. The highest BCUT2D eigenvalue weighted by molar-refractivity contribution is 14.1. The number of hydrogen-bond donors (Lipinski definition) is 2. The van der Waals surface area contributed by atoms with E-state index in [2.05, 4.69) is 43.8 Å². The Balaban J connectivity index is 2.30. The molecule has 0 bridgehead atoms. The molecular formula is C13H10BrIN2O3S. The summed E-state index contributed by atoms with van der Waals surface area (Å²) in [5, 5.41) is 7.72. The molecule has 8 heteroatoms. The third-order valence-electron chi connectivity index (χ3n) is 2.59. The van der Waals surface area contributed by atoms with Crippen molar-refractivity contribution in [3.63, 3.8) is 0 Å². The van der Waals surface area contributed by atoms with E-state index in [-0.39, 0.29) is 10.8 Å². The third-order valence-corrected chi connectivity index (χ3v) is 4.94. The van der Waals surface area contributed by atoms with Crippen LogP contribution in [0.5, 0.6) is 0 Å². The summed E-state index contributed by atoms with van der Waals surface area (Å²) in [7, 11) is -3.80. The average Bonchev–Trinajstić information content (AvgIpc) is 2.41. The van der Waals surface area contributed by atoms with Crippen LogP contribution in [0.15, 0.2) is 51.8 Å². The molecule has 0 saturated heterocycles. The molecule has 0 aliphatic rings. The fraction of sp³-hybridized carbons (Fsp3) is 0. The summed E-state index contributed by atoms with van der Waals surface area (Å²) in [5.41, 5.74) is 0.855. The Morgan fingerprint density at radius 2 is 1.90 bits per heavy atom. The van der Waals surface area contributed by atoms with Crippen LogP contribution in [0.1, 0.15) is 10.4 Å². The first-order valence-electron chi connectivity index (χ1n) is 5.66. The first-order chi connectivity index (χ1) is 9.77. The van der Waals surface area contributed by atoms with Crippen LogP contribution in [-0.4, -0.2) is 14.3 Å². The number of amides is 1. The number of benzene rings is 2. The number of rotatable bonds is 3. The Bertz CT molecular complexity index is 809. The van der Waals surface area contributed by atoms with E-state index in [1.54, 1.807) is 18.2 Å². The predicted octanol–water partition coefficient (Wildman–Crippen LogP) is 2.95. The van der Waals surface area contributed by atoms with Gasteiger partial charge in [0, 0.05) is 13.7 Å². The van der Waals surface area contributed by atoms with Gasteiger partial charge in [0.1, 0.15) is 0 Å². The fourth-order valence-electron chi connectivity index (χ4n) is 1.62. The van der Waals surface area contributed by atoms with Gasteiger partial charge < -0.3 is 5.32 Å². The Morgan fingerprint density at radius 3 is 2.57 bits per heavy atom. The Kier molecular flexibility index (Phi) is 5.02. The van der Waals surface area contributed by atoms with Gasteiger partial charge in [-0.3, -0.25) is 4.79 Å². The van der Waals surface area contributed by atoms with Crippen LogP contribution in [0.2, 0.25) is 0 Å². The lowest BCUT2D eigenvalue weighted by molar-refractivity contribution is 0.102. The van der Waals surface area contributed by atoms with E-state index < -0.39 is 10.0 Å². The highest BCUT2D eigenvalue weighted by Crippen LogP contribution is 2.20. The molecule has 3 N–H and O–H groups in total. The number of nitrogens with one attached hydrogen (secondary N) is 1.